The smallest absolute Gasteiger partial charge is 0.237 e. The number of carbonyl (C=O) groups is 1. The average molecular weight is 342 g/mol. The average Bonchev–Trinajstić information content (AvgIpc) is 3.18. The second-order valence-electron chi connectivity index (χ2n) is 6.99. The summed E-state index contributed by atoms with van der Waals surface area (Å²) in [5, 5.41) is 12.5. The Hall–Kier alpha value is -0.830. The Morgan fingerprint density at radius 1 is 1.30 bits per heavy atom. The van der Waals surface area contributed by atoms with Crippen LogP contribution in [0.5, 0.6) is 0 Å². The summed E-state index contributed by atoms with van der Waals surface area (Å²) in [4.78, 5) is 14.0. The first-order valence-electron chi connectivity index (χ1n) is 8.75. The molecule has 130 valence electrons. The molecule has 1 saturated heterocycles. The van der Waals surface area contributed by atoms with E-state index in [0.717, 1.165) is 37.8 Å². The Kier molecular flexibility index (Phi) is 6.70. The van der Waals surface area contributed by atoms with E-state index >= 15 is 0 Å². The first-order valence-corrected chi connectivity index (χ1v) is 8.75. The number of carbonyl (C=O) groups excluding carboxylic acids is 1. The molecule has 1 amide bonds. The van der Waals surface area contributed by atoms with Gasteiger partial charge in [-0.05, 0) is 57.3 Å². The van der Waals surface area contributed by atoms with E-state index in [4.69, 9.17) is 10.00 Å². The van der Waals surface area contributed by atoms with Gasteiger partial charge in [-0.2, -0.15) is 5.26 Å². The van der Waals surface area contributed by atoms with Crippen molar-refractivity contribution in [2.24, 2.45) is 11.8 Å². The quantitative estimate of drug-likeness (QED) is 0.831. The largest absolute Gasteiger partial charge is 0.378 e. The Labute approximate surface area is 145 Å². The number of nitriles is 1. The fourth-order valence-corrected chi connectivity index (χ4v) is 4.63. The lowest BCUT2D eigenvalue weighted by Gasteiger charge is -2.21. The van der Waals surface area contributed by atoms with Gasteiger partial charge in [0.15, 0.2) is 0 Å². The predicted octanol–water partition coefficient (Wildman–Crippen LogP) is 2.11. The first-order chi connectivity index (χ1) is 10.7. The van der Waals surface area contributed by atoms with Gasteiger partial charge >= 0.3 is 0 Å². The third-order valence-electron chi connectivity index (χ3n) is 5.64. The second-order valence-corrected chi connectivity index (χ2v) is 6.99. The van der Waals surface area contributed by atoms with Gasteiger partial charge in [0.2, 0.25) is 5.91 Å². The lowest BCUT2D eigenvalue weighted by Crippen LogP contribution is -2.43. The molecule has 0 aromatic carbocycles. The third kappa shape index (κ3) is 4.17. The zero-order chi connectivity index (χ0) is 15.5. The minimum absolute atomic E-state index is 0. The molecule has 6 heteroatoms. The van der Waals surface area contributed by atoms with Crippen molar-refractivity contribution < 1.29 is 9.53 Å². The van der Waals surface area contributed by atoms with Crippen molar-refractivity contribution in [3.8, 4) is 6.07 Å². The van der Waals surface area contributed by atoms with E-state index in [1.54, 1.807) is 4.90 Å². The molecule has 0 aromatic heterocycles. The molecule has 3 aliphatic rings. The van der Waals surface area contributed by atoms with Crippen LogP contribution in [0.2, 0.25) is 0 Å². The maximum atomic E-state index is 12.2. The number of halogens is 1. The third-order valence-corrected chi connectivity index (χ3v) is 5.64. The second kappa shape index (κ2) is 8.32. The number of amides is 1. The van der Waals surface area contributed by atoms with Gasteiger partial charge in [0.25, 0.3) is 0 Å². The number of likely N-dealkylation sites (tertiary alicyclic amines) is 1. The summed E-state index contributed by atoms with van der Waals surface area (Å²) in [6, 6.07) is 2.49. The Morgan fingerprint density at radius 2 is 2.00 bits per heavy atom. The lowest BCUT2D eigenvalue weighted by molar-refractivity contribution is -0.130. The fraction of sp³-hybridized carbons (Fsp3) is 0.882. The summed E-state index contributed by atoms with van der Waals surface area (Å²) in [6.07, 6.45) is 6.96. The van der Waals surface area contributed by atoms with E-state index in [9.17, 15) is 4.79 Å². The van der Waals surface area contributed by atoms with Crippen LogP contribution in [0.3, 0.4) is 0 Å². The monoisotopic (exact) mass is 341 g/mol. The molecule has 3 unspecified atom stereocenters. The molecule has 3 fully saturated rings. The van der Waals surface area contributed by atoms with Crippen molar-refractivity contribution in [3.63, 3.8) is 0 Å². The predicted molar refractivity (Wildman–Crippen MR) is 90.2 cm³/mol. The van der Waals surface area contributed by atoms with Crippen molar-refractivity contribution in [3.05, 3.63) is 0 Å². The molecule has 0 aromatic rings. The minimum atomic E-state index is -0.204. The number of nitrogens with zero attached hydrogens (tertiary/aromatic N) is 2. The summed E-state index contributed by atoms with van der Waals surface area (Å²) < 4.78 is 5.75. The molecule has 0 bridgehead atoms. The standard InChI is InChI=1S/C17H27N3O2.ClH/c1-2-22-16-8-12-6-14(7-13(12)9-16)19-11-17(21)20-5-3-4-15(20)10-18;/h12-16,19H,2-9,11H2,1H3;1H. The van der Waals surface area contributed by atoms with Crippen LogP contribution < -0.4 is 5.32 Å². The molecule has 2 saturated carbocycles. The molecular weight excluding hydrogens is 314 g/mol. The number of hydrogen-bond donors (Lipinski definition) is 1. The summed E-state index contributed by atoms with van der Waals surface area (Å²) in [5.41, 5.74) is 0. The molecule has 3 rings (SSSR count). The highest BCUT2D eigenvalue weighted by Crippen LogP contribution is 2.45. The molecule has 5 nitrogen and oxygen atoms in total. The molecule has 1 aliphatic heterocycles. The summed E-state index contributed by atoms with van der Waals surface area (Å²) in [6.45, 7) is 4.01. The molecule has 1 N–H and O–H groups in total. The Balaban J connectivity index is 0.00000192. The molecule has 0 radical (unpaired) electrons. The zero-order valence-corrected chi connectivity index (χ0v) is 14.7. The van der Waals surface area contributed by atoms with Crippen molar-refractivity contribution in [2.75, 3.05) is 19.7 Å². The van der Waals surface area contributed by atoms with E-state index in [-0.39, 0.29) is 24.4 Å². The maximum absolute atomic E-state index is 12.2. The van der Waals surface area contributed by atoms with E-state index in [1.807, 2.05) is 0 Å². The van der Waals surface area contributed by atoms with Crippen LogP contribution in [-0.2, 0) is 9.53 Å². The Bertz CT molecular complexity index is 440. The minimum Gasteiger partial charge on any atom is -0.378 e. The number of fused-ring (bicyclic) bond motifs is 1. The van der Waals surface area contributed by atoms with Gasteiger partial charge in [-0.15, -0.1) is 12.4 Å². The number of nitrogens with one attached hydrogen (secondary N) is 1. The first kappa shape index (κ1) is 18.5. The fourth-order valence-electron chi connectivity index (χ4n) is 4.63. The van der Waals surface area contributed by atoms with E-state index in [2.05, 4.69) is 18.3 Å². The van der Waals surface area contributed by atoms with E-state index < -0.39 is 0 Å². The van der Waals surface area contributed by atoms with Crippen molar-refractivity contribution >= 4 is 18.3 Å². The molecule has 2 aliphatic carbocycles. The highest BCUT2D eigenvalue weighted by molar-refractivity contribution is 5.85. The van der Waals surface area contributed by atoms with Gasteiger partial charge in [-0.3, -0.25) is 4.79 Å². The summed E-state index contributed by atoms with van der Waals surface area (Å²) in [5.74, 6) is 1.62. The SMILES string of the molecule is CCOC1CC2CC(NCC(=O)N3CCCC3C#N)CC2C1.Cl. The number of ether oxygens (including phenoxy) is 1. The maximum Gasteiger partial charge on any atom is 0.237 e. The molecule has 23 heavy (non-hydrogen) atoms. The van der Waals surface area contributed by atoms with E-state index in [0.29, 0.717) is 18.7 Å². The zero-order valence-electron chi connectivity index (χ0n) is 13.9. The normalized spacial score (nSPS) is 35.7. The van der Waals surface area contributed by atoms with Crippen molar-refractivity contribution in [2.45, 2.75) is 63.6 Å². The van der Waals surface area contributed by atoms with Gasteiger partial charge in [0, 0.05) is 19.2 Å². The van der Waals surface area contributed by atoms with Crippen molar-refractivity contribution in [1.82, 2.24) is 10.2 Å². The molecule has 3 atom stereocenters. The highest BCUT2D eigenvalue weighted by atomic mass is 35.5. The summed E-state index contributed by atoms with van der Waals surface area (Å²) >= 11 is 0. The molecule has 0 spiro atoms. The van der Waals surface area contributed by atoms with Crippen LogP contribution in [0.1, 0.15) is 45.4 Å². The van der Waals surface area contributed by atoms with Gasteiger partial charge in [0.1, 0.15) is 6.04 Å². The lowest BCUT2D eigenvalue weighted by atomic mass is 10.0. The van der Waals surface area contributed by atoms with Crippen LogP contribution in [0.25, 0.3) is 0 Å². The topological polar surface area (TPSA) is 65.4 Å². The van der Waals surface area contributed by atoms with Gasteiger partial charge in [0.05, 0.1) is 18.7 Å². The van der Waals surface area contributed by atoms with Crippen LogP contribution in [-0.4, -0.2) is 48.7 Å². The highest BCUT2D eigenvalue weighted by Gasteiger charge is 2.42. The Morgan fingerprint density at radius 3 is 2.61 bits per heavy atom. The van der Waals surface area contributed by atoms with Crippen LogP contribution in [0.15, 0.2) is 0 Å². The number of hydrogen-bond acceptors (Lipinski definition) is 4. The molecular formula is C17H28ClN3O2. The number of rotatable bonds is 5. The van der Waals surface area contributed by atoms with Crippen LogP contribution in [0.4, 0.5) is 0 Å². The van der Waals surface area contributed by atoms with Gasteiger partial charge < -0.3 is 15.0 Å². The summed E-state index contributed by atoms with van der Waals surface area (Å²) in [7, 11) is 0. The van der Waals surface area contributed by atoms with Crippen LogP contribution >= 0.6 is 12.4 Å². The molecule has 1 heterocycles. The van der Waals surface area contributed by atoms with Gasteiger partial charge in [-0.25, -0.2) is 0 Å². The van der Waals surface area contributed by atoms with Gasteiger partial charge in [-0.1, -0.05) is 0 Å². The van der Waals surface area contributed by atoms with Crippen LogP contribution in [0, 0.1) is 23.2 Å². The van der Waals surface area contributed by atoms with E-state index in [1.165, 1.54) is 25.7 Å². The van der Waals surface area contributed by atoms with Crippen molar-refractivity contribution in [1.29, 1.82) is 5.26 Å².